The van der Waals surface area contributed by atoms with E-state index in [9.17, 15) is 33.9 Å². The van der Waals surface area contributed by atoms with E-state index in [1.165, 1.54) is 4.90 Å². The number of para-hydroxylation sites is 2. The zero-order valence-electron chi connectivity index (χ0n) is 27.9. The summed E-state index contributed by atoms with van der Waals surface area (Å²) in [7, 11) is 0. The molecule has 6 aromatic rings. The summed E-state index contributed by atoms with van der Waals surface area (Å²) in [5.41, 5.74) is 2.92. The molecule has 8 rings (SSSR count). The average Bonchev–Trinajstić information content (AvgIpc) is 3.57. The predicted molar refractivity (Wildman–Crippen MR) is 197 cm³/mol. The minimum atomic E-state index is -1.25. The molecule has 11 nitrogen and oxygen atoms in total. The van der Waals surface area contributed by atoms with Crippen LogP contribution < -0.4 is 0 Å². The lowest BCUT2D eigenvalue weighted by molar-refractivity contribution is 0.0575. The van der Waals surface area contributed by atoms with Crippen LogP contribution in [0.4, 0.5) is 0 Å². The molecule has 0 bridgehead atoms. The molecule has 2 atom stereocenters. The van der Waals surface area contributed by atoms with Crippen LogP contribution in [0.15, 0.2) is 97.1 Å². The summed E-state index contributed by atoms with van der Waals surface area (Å²) in [4.78, 5) is 85.0. The van der Waals surface area contributed by atoms with Crippen LogP contribution in [-0.2, 0) is 0 Å². The van der Waals surface area contributed by atoms with Crippen LogP contribution in [0.5, 0.6) is 0 Å². The number of hydrogen-bond donors (Lipinski definition) is 1. The van der Waals surface area contributed by atoms with E-state index in [1.807, 2.05) is 6.07 Å². The van der Waals surface area contributed by atoms with Gasteiger partial charge in [0.1, 0.15) is 5.69 Å². The minimum absolute atomic E-state index is 0.162. The van der Waals surface area contributed by atoms with Gasteiger partial charge in [0.05, 0.1) is 55.4 Å². The van der Waals surface area contributed by atoms with Gasteiger partial charge in [-0.1, -0.05) is 71.7 Å². The number of carbonyl (C=O) groups excluding carboxylic acids is 5. The normalized spacial score (nSPS) is 14.6. The Labute approximate surface area is 311 Å². The van der Waals surface area contributed by atoms with Crippen molar-refractivity contribution in [2.75, 3.05) is 0 Å². The number of amides is 4. The lowest BCUT2D eigenvalue weighted by atomic mass is 10.0. The molecule has 13 heteroatoms. The zero-order chi connectivity index (χ0) is 37.7. The number of nitrogens with zero attached hydrogens (tertiary/aromatic N) is 4. The van der Waals surface area contributed by atoms with Crippen LogP contribution in [0.2, 0.25) is 10.0 Å². The summed E-state index contributed by atoms with van der Waals surface area (Å²) in [5.74, 6) is -2.91. The van der Waals surface area contributed by atoms with Crippen molar-refractivity contribution in [3.8, 4) is 0 Å². The number of carbonyl (C=O) groups is 6. The van der Waals surface area contributed by atoms with Gasteiger partial charge in [-0.2, -0.15) is 0 Å². The van der Waals surface area contributed by atoms with Crippen LogP contribution >= 0.6 is 23.2 Å². The lowest BCUT2D eigenvalue weighted by Gasteiger charge is -2.24. The van der Waals surface area contributed by atoms with Gasteiger partial charge in [-0.3, -0.25) is 33.8 Å². The van der Waals surface area contributed by atoms with Crippen LogP contribution in [-0.4, -0.2) is 60.8 Å². The number of pyridine rings is 2. The zero-order valence-corrected chi connectivity index (χ0v) is 29.4. The molecule has 53 heavy (non-hydrogen) atoms. The van der Waals surface area contributed by atoms with Crippen LogP contribution in [0.3, 0.4) is 0 Å². The topological polar surface area (TPSA) is 155 Å². The number of halogens is 2. The maximum atomic E-state index is 12.7. The van der Waals surface area contributed by atoms with E-state index in [0.717, 1.165) is 10.3 Å². The second-order valence-corrected chi connectivity index (χ2v) is 13.2. The summed E-state index contributed by atoms with van der Waals surface area (Å²) in [6, 6.07) is 25.5. The largest absolute Gasteiger partial charge is 0.477 e. The first kappa shape index (κ1) is 35.1. The van der Waals surface area contributed by atoms with Gasteiger partial charge in [-0.25, -0.2) is 14.8 Å². The van der Waals surface area contributed by atoms with Gasteiger partial charge in [0.25, 0.3) is 23.6 Å². The van der Waals surface area contributed by atoms with Crippen molar-refractivity contribution < 1.29 is 33.9 Å². The minimum Gasteiger partial charge on any atom is -0.477 e. The highest BCUT2D eigenvalue weighted by Gasteiger charge is 2.41. The Morgan fingerprint density at radius 1 is 0.623 bits per heavy atom. The van der Waals surface area contributed by atoms with Gasteiger partial charge < -0.3 is 5.11 Å². The second kappa shape index (κ2) is 13.7. The Morgan fingerprint density at radius 3 is 1.43 bits per heavy atom. The van der Waals surface area contributed by atoms with E-state index in [1.54, 1.807) is 105 Å². The van der Waals surface area contributed by atoms with Crippen LogP contribution in [0.25, 0.3) is 21.8 Å². The Morgan fingerprint density at radius 2 is 1.02 bits per heavy atom. The van der Waals surface area contributed by atoms with Crippen LogP contribution in [0, 0.1) is 0 Å². The number of fused-ring (bicyclic) bond motifs is 4. The average molecular weight is 746 g/mol. The summed E-state index contributed by atoms with van der Waals surface area (Å²) in [5, 5.41) is 11.8. The third-order valence-electron chi connectivity index (χ3n) is 9.32. The molecule has 1 N–H and O–H groups in total. The fourth-order valence-corrected chi connectivity index (χ4v) is 7.14. The summed E-state index contributed by atoms with van der Waals surface area (Å²) >= 11 is 12.3. The van der Waals surface area contributed by atoms with Gasteiger partial charge in [0, 0.05) is 21.9 Å². The third-order valence-corrected chi connectivity index (χ3v) is 9.93. The number of rotatable bonds is 6. The molecule has 0 saturated heterocycles. The third kappa shape index (κ3) is 5.89. The molecule has 2 aromatic heterocycles. The molecule has 262 valence electrons. The van der Waals surface area contributed by atoms with Gasteiger partial charge in [0.2, 0.25) is 0 Å². The van der Waals surface area contributed by atoms with Crippen molar-refractivity contribution in [1.29, 1.82) is 0 Å². The smallest absolute Gasteiger partial charge is 0.354 e. The molecule has 0 unspecified atom stereocenters. The maximum Gasteiger partial charge on any atom is 0.354 e. The standard InChI is InChI=1S/C20H13ClN2O4.C20H13ClN2O3/c1-10(23-18(24)12-6-2-3-7-13(12)19(23)25)14-9-11-5-4-8-15(21)16(11)22-17(14)20(26)27;1-11(23-19(25)13-6-2-3-7-14(13)20(23)26)15-9-12-5-4-8-16(21)18(12)22-17(15)10-24/h2-10H,1H3,(H,26,27);2-11H,1H3/t10-;11-/m00/s1. The van der Waals surface area contributed by atoms with E-state index in [0.29, 0.717) is 60.6 Å². The van der Waals surface area contributed by atoms with Crippen molar-refractivity contribution in [2.45, 2.75) is 25.9 Å². The summed E-state index contributed by atoms with van der Waals surface area (Å²) < 4.78 is 0. The van der Waals surface area contributed by atoms with Crippen molar-refractivity contribution in [3.63, 3.8) is 0 Å². The van der Waals surface area contributed by atoms with Gasteiger partial charge in [-0.15, -0.1) is 0 Å². The summed E-state index contributed by atoms with van der Waals surface area (Å²) in [6.07, 6.45) is 0.618. The van der Waals surface area contributed by atoms with Crippen molar-refractivity contribution in [3.05, 3.63) is 152 Å². The molecule has 4 amide bonds. The van der Waals surface area contributed by atoms with Gasteiger partial charge in [0.15, 0.2) is 12.0 Å². The molecule has 0 aliphatic carbocycles. The Kier molecular flexibility index (Phi) is 9.06. The number of aromatic carboxylic acids is 1. The number of carboxylic acids is 1. The number of aldehydes is 1. The first-order valence-corrected chi connectivity index (χ1v) is 17.0. The Bertz CT molecular complexity index is 2520. The Hall–Kier alpha value is -6.30. The van der Waals surface area contributed by atoms with Gasteiger partial charge >= 0.3 is 5.97 Å². The fourth-order valence-electron chi connectivity index (χ4n) is 6.69. The first-order chi connectivity index (χ1) is 25.4. The second-order valence-electron chi connectivity index (χ2n) is 12.3. The first-order valence-electron chi connectivity index (χ1n) is 16.2. The van der Waals surface area contributed by atoms with Crippen molar-refractivity contribution in [2.24, 2.45) is 0 Å². The number of benzene rings is 4. The highest BCUT2D eigenvalue weighted by Crippen LogP contribution is 2.36. The van der Waals surface area contributed by atoms with Crippen molar-refractivity contribution in [1.82, 2.24) is 19.8 Å². The molecule has 0 saturated carbocycles. The molecule has 4 aromatic carbocycles. The fraction of sp³-hybridized carbons (Fsp3) is 0.100. The van der Waals surface area contributed by atoms with E-state index < -0.39 is 29.9 Å². The van der Waals surface area contributed by atoms with E-state index in [4.69, 9.17) is 23.2 Å². The highest BCUT2D eigenvalue weighted by molar-refractivity contribution is 6.35. The molecule has 0 fully saturated rings. The SMILES string of the molecule is C[C@@H](c1cc2cccc(Cl)c2nc1C(=O)O)N1C(=O)c2ccccc2C1=O.C[C@@H](c1cc2cccc(Cl)c2nc1C=O)N1C(=O)c2ccccc2C1=O. The maximum absolute atomic E-state index is 12.7. The number of aromatic nitrogens is 2. The molecule has 2 aliphatic heterocycles. The molecule has 2 aliphatic rings. The molecular weight excluding hydrogens is 719 g/mol. The Balaban J connectivity index is 0.000000164. The van der Waals surface area contributed by atoms with Crippen molar-refractivity contribution >= 4 is 80.9 Å². The van der Waals surface area contributed by atoms with E-state index >= 15 is 0 Å². The lowest BCUT2D eigenvalue weighted by Crippen LogP contribution is -2.33. The molecule has 0 spiro atoms. The van der Waals surface area contributed by atoms with E-state index in [2.05, 4.69) is 9.97 Å². The highest BCUT2D eigenvalue weighted by atomic mass is 35.5. The molecule has 4 heterocycles. The summed E-state index contributed by atoms with van der Waals surface area (Å²) in [6.45, 7) is 3.32. The van der Waals surface area contributed by atoms with E-state index in [-0.39, 0.29) is 28.8 Å². The molecule has 0 radical (unpaired) electrons. The number of carboxylic acid groups (broad SMARTS) is 1. The monoisotopic (exact) mass is 744 g/mol. The predicted octanol–water partition coefficient (Wildman–Crippen LogP) is 8.00. The quantitative estimate of drug-likeness (QED) is 0.132. The van der Waals surface area contributed by atoms with Crippen LogP contribution in [0.1, 0.15) is 99.5 Å². The number of imide groups is 2. The molecular formula is C40H26Cl2N4O7. The number of hydrogen-bond acceptors (Lipinski definition) is 8. The van der Waals surface area contributed by atoms with Gasteiger partial charge in [-0.05, 0) is 62.4 Å².